The normalized spacial score (nSPS) is 15.9. The Morgan fingerprint density at radius 1 is 1.21 bits per heavy atom. The fourth-order valence-corrected chi connectivity index (χ4v) is 2.44. The van der Waals surface area contributed by atoms with Crippen LogP contribution in [0, 0.1) is 6.92 Å². The Labute approximate surface area is 115 Å². The van der Waals surface area contributed by atoms with E-state index in [9.17, 15) is 4.79 Å². The van der Waals surface area contributed by atoms with E-state index in [1.807, 2.05) is 36.1 Å². The van der Waals surface area contributed by atoms with Crippen LogP contribution in [0.4, 0.5) is 0 Å². The molecule has 3 nitrogen and oxygen atoms in total. The molecule has 1 fully saturated rings. The molecule has 1 aromatic rings. The summed E-state index contributed by atoms with van der Waals surface area (Å²) < 4.78 is 5.63. The second-order valence-corrected chi connectivity index (χ2v) is 5.21. The average Bonchev–Trinajstić information content (AvgIpc) is 2.67. The maximum Gasteiger partial charge on any atom is 0.225 e. The van der Waals surface area contributed by atoms with Gasteiger partial charge in [0.15, 0.2) is 0 Å². The molecule has 0 saturated carbocycles. The zero-order valence-corrected chi connectivity index (χ0v) is 11.7. The molecule has 0 bridgehead atoms. The van der Waals surface area contributed by atoms with Crippen LogP contribution in [0.2, 0.25) is 0 Å². The number of carbonyl (C=O) groups excluding carboxylic acids is 1. The van der Waals surface area contributed by atoms with Crippen molar-refractivity contribution in [2.24, 2.45) is 0 Å². The minimum absolute atomic E-state index is 0.231. The molecule has 1 aliphatic heterocycles. The zero-order valence-electron chi connectivity index (χ0n) is 11.7. The van der Waals surface area contributed by atoms with Gasteiger partial charge in [-0.1, -0.05) is 25.0 Å². The van der Waals surface area contributed by atoms with Crippen molar-refractivity contribution in [3.8, 4) is 5.75 Å². The number of likely N-dealkylation sites (tertiary alicyclic amines) is 1. The summed E-state index contributed by atoms with van der Waals surface area (Å²) in [6.07, 6.45) is 5.27. The number of aryl methyl sites for hydroxylation is 1. The van der Waals surface area contributed by atoms with Crippen LogP contribution in [0.5, 0.6) is 5.75 Å². The van der Waals surface area contributed by atoms with Crippen molar-refractivity contribution in [1.82, 2.24) is 4.90 Å². The van der Waals surface area contributed by atoms with Crippen molar-refractivity contribution in [2.75, 3.05) is 19.7 Å². The van der Waals surface area contributed by atoms with Gasteiger partial charge >= 0.3 is 0 Å². The van der Waals surface area contributed by atoms with Crippen LogP contribution in [0.1, 0.15) is 37.7 Å². The lowest BCUT2D eigenvalue weighted by atomic mass is 10.2. The molecule has 1 saturated heterocycles. The van der Waals surface area contributed by atoms with Crippen molar-refractivity contribution in [2.45, 2.75) is 39.0 Å². The quantitative estimate of drug-likeness (QED) is 0.833. The number of benzene rings is 1. The first-order chi connectivity index (χ1) is 9.25. The summed E-state index contributed by atoms with van der Waals surface area (Å²) in [6, 6.07) is 7.94. The summed E-state index contributed by atoms with van der Waals surface area (Å²) in [5.74, 6) is 1.08. The molecule has 0 radical (unpaired) electrons. The minimum atomic E-state index is 0.231. The Hall–Kier alpha value is -1.51. The number of rotatable bonds is 4. The van der Waals surface area contributed by atoms with Crippen LogP contribution in [-0.2, 0) is 4.79 Å². The molecule has 0 atom stereocenters. The van der Waals surface area contributed by atoms with Gasteiger partial charge < -0.3 is 9.64 Å². The topological polar surface area (TPSA) is 29.5 Å². The number of hydrogen-bond acceptors (Lipinski definition) is 2. The van der Waals surface area contributed by atoms with E-state index in [4.69, 9.17) is 4.74 Å². The molecule has 0 N–H and O–H groups in total. The van der Waals surface area contributed by atoms with Gasteiger partial charge in [-0.05, 0) is 37.5 Å². The standard InChI is InChI=1S/C16H23NO2/c1-14-7-6-8-15(13-14)19-12-9-16(18)17-10-4-2-3-5-11-17/h6-8,13H,2-5,9-12H2,1H3. The largest absolute Gasteiger partial charge is 0.493 e. The Kier molecular flexibility index (Phi) is 5.25. The van der Waals surface area contributed by atoms with Crippen molar-refractivity contribution in [1.29, 1.82) is 0 Å². The molecule has 3 heteroatoms. The predicted octanol–water partition coefficient (Wildman–Crippen LogP) is 3.17. The molecule has 0 aromatic heterocycles. The van der Waals surface area contributed by atoms with Gasteiger partial charge in [-0.2, -0.15) is 0 Å². The third-order valence-corrected chi connectivity index (χ3v) is 3.53. The molecule has 0 aliphatic carbocycles. The number of nitrogens with zero attached hydrogens (tertiary/aromatic N) is 1. The first-order valence-electron chi connectivity index (χ1n) is 7.23. The van der Waals surface area contributed by atoms with Gasteiger partial charge in [-0.25, -0.2) is 0 Å². The lowest BCUT2D eigenvalue weighted by Crippen LogP contribution is -2.32. The first-order valence-corrected chi connectivity index (χ1v) is 7.23. The van der Waals surface area contributed by atoms with Gasteiger partial charge in [0.1, 0.15) is 5.75 Å². The molecule has 104 valence electrons. The number of ether oxygens (including phenoxy) is 1. The summed E-state index contributed by atoms with van der Waals surface area (Å²) in [5.41, 5.74) is 1.18. The highest BCUT2D eigenvalue weighted by molar-refractivity contribution is 5.76. The lowest BCUT2D eigenvalue weighted by Gasteiger charge is -2.20. The number of hydrogen-bond donors (Lipinski definition) is 0. The summed E-state index contributed by atoms with van der Waals surface area (Å²) in [6.45, 7) is 4.35. The van der Waals surface area contributed by atoms with Crippen molar-refractivity contribution in [3.05, 3.63) is 29.8 Å². The van der Waals surface area contributed by atoms with E-state index in [1.165, 1.54) is 18.4 Å². The van der Waals surface area contributed by atoms with Crippen LogP contribution < -0.4 is 4.74 Å². The second-order valence-electron chi connectivity index (χ2n) is 5.21. The van der Waals surface area contributed by atoms with Crippen molar-refractivity contribution in [3.63, 3.8) is 0 Å². The highest BCUT2D eigenvalue weighted by Crippen LogP contribution is 2.14. The molecule has 1 aromatic carbocycles. The molecular weight excluding hydrogens is 238 g/mol. The fraction of sp³-hybridized carbons (Fsp3) is 0.562. The van der Waals surface area contributed by atoms with E-state index in [2.05, 4.69) is 0 Å². The maximum atomic E-state index is 12.1. The summed E-state index contributed by atoms with van der Waals surface area (Å²) in [5, 5.41) is 0. The summed E-state index contributed by atoms with van der Waals surface area (Å²) in [4.78, 5) is 14.0. The molecule has 19 heavy (non-hydrogen) atoms. The zero-order chi connectivity index (χ0) is 13.5. The van der Waals surface area contributed by atoms with E-state index in [-0.39, 0.29) is 5.91 Å². The van der Waals surface area contributed by atoms with E-state index < -0.39 is 0 Å². The third kappa shape index (κ3) is 4.58. The second kappa shape index (κ2) is 7.17. The maximum absolute atomic E-state index is 12.1. The smallest absolute Gasteiger partial charge is 0.225 e. The Morgan fingerprint density at radius 3 is 2.63 bits per heavy atom. The van der Waals surface area contributed by atoms with Gasteiger partial charge in [0.2, 0.25) is 5.91 Å². The van der Waals surface area contributed by atoms with Crippen molar-refractivity contribution < 1.29 is 9.53 Å². The summed E-state index contributed by atoms with van der Waals surface area (Å²) in [7, 11) is 0. The average molecular weight is 261 g/mol. The summed E-state index contributed by atoms with van der Waals surface area (Å²) >= 11 is 0. The molecular formula is C16H23NO2. The predicted molar refractivity (Wildman–Crippen MR) is 76.3 cm³/mol. The number of carbonyl (C=O) groups is 1. The van der Waals surface area contributed by atoms with Crippen molar-refractivity contribution >= 4 is 5.91 Å². The van der Waals surface area contributed by atoms with Crippen LogP contribution in [0.3, 0.4) is 0 Å². The van der Waals surface area contributed by atoms with E-state index >= 15 is 0 Å². The highest BCUT2D eigenvalue weighted by Gasteiger charge is 2.15. The Morgan fingerprint density at radius 2 is 1.95 bits per heavy atom. The third-order valence-electron chi connectivity index (χ3n) is 3.53. The number of amides is 1. The minimum Gasteiger partial charge on any atom is -0.493 e. The van der Waals surface area contributed by atoms with Crippen LogP contribution >= 0.6 is 0 Å². The molecule has 0 unspecified atom stereocenters. The van der Waals surface area contributed by atoms with Gasteiger partial charge in [0.25, 0.3) is 0 Å². The monoisotopic (exact) mass is 261 g/mol. The molecule has 1 aliphatic rings. The van der Waals surface area contributed by atoms with Crippen LogP contribution in [0.15, 0.2) is 24.3 Å². The van der Waals surface area contributed by atoms with Crippen LogP contribution in [0.25, 0.3) is 0 Å². The first kappa shape index (κ1) is 13.9. The van der Waals surface area contributed by atoms with E-state index in [0.717, 1.165) is 31.7 Å². The SMILES string of the molecule is Cc1cccc(OCCC(=O)N2CCCCCC2)c1. The Bertz CT molecular complexity index is 409. The van der Waals surface area contributed by atoms with Gasteiger partial charge in [-0.3, -0.25) is 4.79 Å². The molecule has 1 amide bonds. The highest BCUT2D eigenvalue weighted by atomic mass is 16.5. The molecule has 2 rings (SSSR count). The van der Waals surface area contributed by atoms with Gasteiger partial charge in [0.05, 0.1) is 13.0 Å². The molecule has 1 heterocycles. The fourth-order valence-electron chi connectivity index (χ4n) is 2.44. The van der Waals surface area contributed by atoms with Crippen LogP contribution in [-0.4, -0.2) is 30.5 Å². The van der Waals surface area contributed by atoms with E-state index in [0.29, 0.717) is 13.0 Å². The lowest BCUT2D eigenvalue weighted by molar-refractivity contribution is -0.131. The molecule has 0 spiro atoms. The Balaban J connectivity index is 1.74. The van der Waals surface area contributed by atoms with Gasteiger partial charge in [0, 0.05) is 13.1 Å². The van der Waals surface area contributed by atoms with Gasteiger partial charge in [-0.15, -0.1) is 0 Å². The van der Waals surface area contributed by atoms with E-state index in [1.54, 1.807) is 0 Å².